The van der Waals surface area contributed by atoms with Gasteiger partial charge in [-0.1, -0.05) is 65.0 Å². The van der Waals surface area contributed by atoms with Crippen molar-refractivity contribution >= 4 is 11.5 Å². The smallest absolute Gasteiger partial charge is 0.335 e. The first-order chi connectivity index (χ1) is 18.2. The molecule has 3 heteroatoms. The number of hydrogen-bond donors (Lipinski definition) is 2. The molecule has 0 saturated heterocycles. The molecule has 3 N–H and O–H groups in total. The number of allylic oxidation sites excluding steroid dienone is 3. The molecule has 0 aliphatic heterocycles. The molecule has 5 aliphatic carbocycles. The molecule has 1 aromatic rings. The second-order valence-electron chi connectivity index (χ2n) is 15.8. The van der Waals surface area contributed by atoms with Gasteiger partial charge in [-0.25, -0.2) is 4.79 Å². The summed E-state index contributed by atoms with van der Waals surface area (Å²) in [5.74, 6) is 2.37. The fraction of sp³-hybridized carbons (Fsp3) is 0.694. The first kappa shape index (κ1) is 27.3. The molecule has 39 heavy (non-hydrogen) atoms. The Morgan fingerprint density at radius 2 is 1.59 bits per heavy atom. The maximum Gasteiger partial charge on any atom is 0.335 e. The van der Waals surface area contributed by atoms with Crippen molar-refractivity contribution < 1.29 is 9.90 Å². The van der Waals surface area contributed by atoms with E-state index in [1.165, 1.54) is 68.1 Å². The van der Waals surface area contributed by atoms with E-state index in [2.05, 4.69) is 54.2 Å². The molecule has 0 bridgehead atoms. The Balaban J connectivity index is 1.36. The zero-order chi connectivity index (χ0) is 28.2. The van der Waals surface area contributed by atoms with Crippen LogP contribution in [-0.2, 0) is 0 Å². The van der Waals surface area contributed by atoms with Crippen molar-refractivity contribution in [1.82, 2.24) is 0 Å². The molecular weight excluding hydrogens is 478 g/mol. The van der Waals surface area contributed by atoms with Gasteiger partial charge < -0.3 is 10.8 Å². The van der Waals surface area contributed by atoms with E-state index in [-0.39, 0.29) is 16.4 Å². The summed E-state index contributed by atoms with van der Waals surface area (Å²) in [6.07, 6.45) is 13.7. The van der Waals surface area contributed by atoms with E-state index in [4.69, 9.17) is 5.73 Å². The Kier molecular flexibility index (Phi) is 6.00. The number of hydrogen-bond acceptors (Lipinski definition) is 2. The first-order valence-electron chi connectivity index (χ1n) is 15.7. The van der Waals surface area contributed by atoms with Crippen molar-refractivity contribution in [2.45, 2.75) is 105 Å². The normalized spacial score (nSPS) is 46.2. The molecule has 4 fully saturated rings. The largest absolute Gasteiger partial charge is 0.478 e. The van der Waals surface area contributed by atoms with Gasteiger partial charge in [0.15, 0.2) is 0 Å². The van der Waals surface area contributed by atoms with Crippen LogP contribution >= 0.6 is 0 Å². The highest BCUT2D eigenvalue weighted by atomic mass is 16.4. The minimum atomic E-state index is -0.858. The quantitative estimate of drug-likeness (QED) is 0.385. The van der Waals surface area contributed by atoms with Crippen molar-refractivity contribution in [3.63, 3.8) is 0 Å². The third-order valence-electron chi connectivity index (χ3n) is 14.2. The average molecular weight is 530 g/mol. The summed E-state index contributed by atoms with van der Waals surface area (Å²) >= 11 is 0. The van der Waals surface area contributed by atoms with Crippen LogP contribution in [0.4, 0.5) is 0 Å². The Bertz CT molecular complexity index is 1230. The number of carboxylic acid groups (broad SMARTS) is 1. The van der Waals surface area contributed by atoms with E-state index >= 15 is 0 Å². The van der Waals surface area contributed by atoms with E-state index in [1.54, 1.807) is 12.1 Å². The van der Waals surface area contributed by atoms with Gasteiger partial charge in [0.25, 0.3) is 0 Å². The lowest BCUT2D eigenvalue weighted by molar-refractivity contribution is -0.217. The fourth-order valence-electron chi connectivity index (χ4n) is 12.1. The molecule has 212 valence electrons. The van der Waals surface area contributed by atoms with Crippen LogP contribution < -0.4 is 5.73 Å². The molecule has 9 atom stereocenters. The number of rotatable bonds is 3. The van der Waals surface area contributed by atoms with Gasteiger partial charge in [-0.2, -0.15) is 0 Å². The molecular formula is C36H51NO2. The van der Waals surface area contributed by atoms with Gasteiger partial charge >= 0.3 is 5.97 Å². The third-order valence-corrected chi connectivity index (χ3v) is 14.2. The molecule has 5 aliphatic rings. The van der Waals surface area contributed by atoms with Crippen molar-refractivity contribution in [1.29, 1.82) is 0 Å². The Labute approximate surface area is 236 Å². The lowest BCUT2D eigenvalue weighted by atomic mass is 9.33. The van der Waals surface area contributed by atoms with Gasteiger partial charge in [0, 0.05) is 5.54 Å². The monoisotopic (exact) mass is 529 g/mol. The van der Waals surface area contributed by atoms with Crippen LogP contribution in [0.15, 0.2) is 42.5 Å². The molecule has 1 aromatic carbocycles. The Morgan fingerprint density at radius 3 is 2.23 bits per heavy atom. The second kappa shape index (κ2) is 8.57. The van der Waals surface area contributed by atoms with Crippen LogP contribution in [-0.4, -0.2) is 16.6 Å². The lowest BCUT2D eigenvalue weighted by Crippen LogP contribution is -2.67. The predicted octanol–water partition coefficient (Wildman–Crippen LogP) is 8.75. The van der Waals surface area contributed by atoms with Crippen LogP contribution in [0, 0.1) is 51.2 Å². The Morgan fingerprint density at radius 1 is 0.897 bits per heavy atom. The summed E-state index contributed by atoms with van der Waals surface area (Å²) in [6, 6.07) is 7.59. The highest BCUT2D eigenvalue weighted by Gasteiger charge is 2.70. The zero-order valence-electron chi connectivity index (χ0n) is 25.3. The van der Waals surface area contributed by atoms with E-state index in [1.807, 2.05) is 12.1 Å². The number of aromatic carboxylic acids is 1. The second-order valence-corrected chi connectivity index (χ2v) is 15.8. The molecule has 3 nitrogen and oxygen atoms in total. The average Bonchev–Trinajstić information content (AvgIpc) is 3.22. The maximum absolute atomic E-state index is 11.4. The van der Waals surface area contributed by atoms with E-state index in [9.17, 15) is 9.90 Å². The summed E-state index contributed by atoms with van der Waals surface area (Å²) < 4.78 is 0. The molecule has 6 rings (SSSR count). The van der Waals surface area contributed by atoms with Gasteiger partial charge in [-0.05, 0) is 139 Å². The van der Waals surface area contributed by atoms with Crippen molar-refractivity contribution in [2.24, 2.45) is 57.0 Å². The summed E-state index contributed by atoms with van der Waals surface area (Å²) in [5.41, 5.74) is 12.6. The van der Waals surface area contributed by atoms with Crippen molar-refractivity contribution in [3.05, 3.63) is 53.6 Å². The van der Waals surface area contributed by atoms with Crippen molar-refractivity contribution in [3.8, 4) is 0 Å². The van der Waals surface area contributed by atoms with Crippen LogP contribution in [0.2, 0.25) is 0 Å². The molecule has 0 heterocycles. The highest BCUT2D eigenvalue weighted by molar-refractivity contribution is 5.88. The molecule has 0 amide bonds. The molecule has 9 unspecified atom stereocenters. The van der Waals surface area contributed by atoms with Gasteiger partial charge in [-0.3, -0.25) is 0 Å². The summed E-state index contributed by atoms with van der Waals surface area (Å²) in [5, 5.41) is 9.39. The number of carbonyl (C=O) groups is 1. The van der Waals surface area contributed by atoms with Crippen LogP contribution in [0.25, 0.3) is 5.57 Å². The van der Waals surface area contributed by atoms with E-state index in [0.29, 0.717) is 46.0 Å². The van der Waals surface area contributed by atoms with Crippen molar-refractivity contribution in [2.75, 3.05) is 0 Å². The van der Waals surface area contributed by atoms with Gasteiger partial charge in [-0.15, -0.1) is 0 Å². The third kappa shape index (κ3) is 3.53. The summed E-state index contributed by atoms with van der Waals surface area (Å²) in [7, 11) is 0. The van der Waals surface area contributed by atoms with Gasteiger partial charge in [0.05, 0.1) is 5.56 Å². The standard InChI is InChI=1S/C36H51NO2/c1-22(2)25-14-19-36(37)21-20-34(6)27(30(25)36)12-13-29-33(5)17-15-26(23-8-10-24(11-9-23)31(38)39)32(3,4)28(33)16-18-35(29,34)7/h8-11,15,25,27-30H,1,12-14,16-21,37H2,2-7H3,(H,38,39). The Hall–Kier alpha value is -1.87. The van der Waals surface area contributed by atoms with Crippen LogP contribution in [0.5, 0.6) is 0 Å². The number of nitrogens with two attached hydrogens (primary N) is 1. The molecule has 0 spiro atoms. The number of carboxylic acids is 1. The van der Waals surface area contributed by atoms with Crippen LogP contribution in [0.3, 0.4) is 0 Å². The summed E-state index contributed by atoms with van der Waals surface area (Å²) in [4.78, 5) is 11.4. The van der Waals surface area contributed by atoms with Gasteiger partial charge in [0.1, 0.15) is 0 Å². The minimum absolute atomic E-state index is 0.0126. The first-order valence-corrected chi connectivity index (χ1v) is 15.7. The summed E-state index contributed by atoms with van der Waals surface area (Å²) in [6.45, 7) is 19.6. The lowest BCUT2D eigenvalue weighted by Gasteiger charge is -2.72. The molecule has 4 saturated carbocycles. The molecule has 0 aromatic heterocycles. The topological polar surface area (TPSA) is 63.3 Å². The zero-order valence-corrected chi connectivity index (χ0v) is 25.3. The number of fused-ring (bicyclic) bond motifs is 7. The minimum Gasteiger partial charge on any atom is -0.478 e. The van der Waals surface area contributed by atoms with E-state index in [0.717, 1.165) is 6.42 Å². The van der Waals surface area contributed by atoms with E-state index < -0.39 is 5.97 Å². The fourth-order valence-corrected chi connectivity index (χ4v) is 12.1. The van der Waals surface area contributed by atoms with Crippen LogP contribution in [0.1, 0.15) is 115 Å². The highest BCUT2D eigenvalue weighted by Crippen LogP contribution is 2.76. The van der Waals surface area contributed by atoms with Gasteiger partial charge in [0.2, 0.25) is 0 Å². The maximum atomic E-state index is 11.4. The molecule has 0 radical (unpaired) electrons. The predicted molar refractivity (Wildman–Crippen MR) is 160 cm³/mol. The SMILES string of the molecule is C=C(C)C1CCC2(N)CCC3(C)C(CCC4C5(C)CC=C(c6ccc(C(=O)O)cc6)C(C)(C)C5CCC43C)C12. The number of benzene rings is 1.